The third-order valence-electron chi connectivity index (χ3n) is 5.90. The SMILES string of the molecule is O=C(CN1C(=O)/C(=C2\SC(=S)N(CCc3ccccc3)C2=O)c2ccccc21)Nc1ccc(Cl)cc1. The van der Waals surface area contributed by atoms with E-state index < -0.39 is 5.91 Å². The summed E-state index contributed by atoms with van der Waals surface area (Å²) in [6.45, 7) is 0.227. The predicted molar refractivity (Wildman–Crippen MR) is 148 cm³/mol. The molecule has 0 aromatic heterocycles. The number of benzene rings is 3. The smallest absolute Gasteiger partial charge is 0.267 e. The first-order chi connectivity index (χ1) is 17.4. The standard InChI is InChI=1S/C27H20ClN3O3S2/c28-18-10-12-19(13-11-18)29-22(32)16-31-21-9-5-4-8-20(21)23(25(31)33)24-26(34)30(27(35)36-24)15-14-17-6-2-1-3-7-17/h1-13H,14-16H2,(H,29,32)/b24-23-. The number of rotatable bonds is 6. The van der Waals surface area contributed by atoms with Crippen LogP contribution in [0.15, 0.2) is 83.8 Å². The molecule has 3 aromatic carbocycles. The van der Waals surface area contributed by atoms with E-state index in [9.17, 15) is 14.4 Å². The van der Waals surface area contributed by atoms with Gasteiger partial charge in [-0.1, -0.05) is 84.1 Å². The Hall–Kier alpha value is -3.46. The van der Waals surface area contributed by atoms with Gasteiger partial charge in [0.25, 0.3) is 11.8 Å². The number of hydrogen-bond acceptors (Lipinski definition) is 5. The van der Waals surface area contributed by atoms with Gasteiger partial charge in [-0.15, -0.1) is 0 Å². The summed E-state index contributed by atoms with van der Waals surface area (Å²) in [4.78, 5) is 42.9. The average molecular weight is 534 g/mol. The van der Waals surface area contributed by atoms with Crippen molar-refractivity contribution in [1.29, 1.82) is 0 Å². The minimum atomic E-state index is -0.397. The van der Waals surface area contributed by atoms with Gasteiger partial charge in [-0.3, -0.25) is 24.2 Å². The molecule has 1 fully saturated rings. The van der Waals surface area contributed by atoms with Crippen molar-refractivity contribution < 1.29 is 14.4 Å². The maximum Gasteiger partial charge on any atom is 0.267 e. The molecule has 0 spiro atoms. The van der Waals surface area contributed by atoms with Crippen LogP contribution in [0.3, 0.4) is 0 Å². The van der Waals surface area contributed by atoms with Crippen molar-refractivity contribution in [1.82, 2.24) is 4.90 Å². The number of thiocarbonyl (C=S) groups is 1. The molecule has 36 heavy (non-hydrogen) atoms. The first-order valence-electron chi connectivity index (χ1n) is 11.2. The van der Waals surface area contributed by atoms with Gasteiger partial charge in [0, 0.05) is 22.8 Å². The number of thioether (sulfide) groups is 1. The molecule has 0 aliphatic carbocycles. The van der Waals surface area contributed by atoms with Gasteiger partial charge in [-0.2, -0.15) is 0 Å². The molecule has 2 aliphatic heterocycles. The highest BCUT2D eigenvalue weighted by atomic mass is 35.5. The Balaban J connectivity index is 1.39. The third kappa shape index (κ3) is 4.80. The second-order valence-corrected chi connectivity index (χ2v) is 10.3. The van der Waals surface area contributed by atoms with Crippen LogP contribution >= 0.6 is 35.6 Å². The van der Waals surface area contributed by atoms with Gasteiger partial charge in [0.1, 0.15) is 10.9 Å². The summed E-state index contributed by atoms with van der Waals surface area (Å²) in [6.07, 6.45) is 0.650. The first-order valence-corrected chi connectivity index (χ1v) is 12.8. The van der Waals surface area contributed by atoms with E-state index in [1.54, 1.807) is 53.4 Å². The van der Waals surface area contributed by atoms with Crippen LogP contribution in [-0.4, -0.2) is 40.0 Å². The van der Waals surface area contributed by atoms with E-state index in [4.69, 9.17) is 23.8 Å². The van der Waals surface area contributed by atoms with E-state index in [2.05, 4.69) is 5.32 Å². The molecule has 0 saturated carbocycles. The molecule has 0 unspecified atom stereocenters. The van der Waals surface area contributed by atoms with Crippen LogP contribution in [0.1, 0.15) is 11.1 Å². The molecule has 180 valence electrons. The molecule has 6 nitrogen and oxygen atoms in total. The van der Waals surface area contributed by atoms with Gasteiger partial charge < -0.3 is 5.32 Å². The van der Waals surface area contributed by atoms with Crippen molar-refractivity contribution in [3.63, 3.8) is 0 Å². The quantitative estimate of drug-likeness (QED) is 0.351. The van der Waals surface area contributed by atoms with Gasteiger partial charge in [0.15, 0.2) is 0 Å². The molecule has 5 rings (SSSR count). The fourth-order valence-corrected chi connectivity index (χ4v) is 5.67. The Morgan fingerprint density at radius 1 is 0.889 bits per heavy atom. The minimum absolute atomic E-state index is 0.198. The van der Waals surface area contributed by atoms with Crippen LogP contribution in [0.4, 0.5) is 11.4 Å². The van der Waals surface area contributed by atoms with Crippen LogP contribution in [0.5, 0.6) is 0 Å². The largest absolute Gasteiger partial charge is 0.325 e. The van der Waals surface area contributed by atoms with Gasteiger partial charge in [-0.25, -0.2) is 0 Å². The molecule has 0 atom stereocenters. The highest BCUT2D eigenvalue weighted by molar-refractivity contribution is 8.26. The Morgan fingerprint density at radius 2 is 1.58 bits per heavy atom. The highest BCUT2D eigenvalue weighted by Gasteiger charge is 2.42. The van der Waals surface area contributed by atoms with Crippen molar-refractivity contribution in [2.24, 2.45) is 0 Å². The number of carbonyl (C=O) groups excluding carboxylic acids is 3. The summed E-state index contributed by atoms with van der Waals surface area (Å²) in [5, 5.41) is 3.34. The topological polar surface area (TPSA) is 69.7 Å². The average Bonchev–Trinajstić information content (AvgIpc) is 3.31. The number of amides is 3. The summed E-state index contributed by atoms with van der Waals surface area (Å²) < 4.78 is 0.419. The van der Waals surface area contributed by atoms with Gasteiger partial charge in [0.2, 0.25) is 5.91 Å². The van der Waals surface area contributed by atoms with E-state index in [1.165, 1.54) is 4.90 Å². The third-order valence-corrected chi connectivity index (χ3v) is 7.60. The molecule has 3 amide bonds. The molecule has 1 saturated heterocycles. The Bertz CT molecular complexity index is 1410. The maximum atomic E-state index is 13.6. The molecule has 0 bridgehead atoms. The zero-order valence-corrected chi connectivity index (χ0v) is 21.3. The number of fused-ring (bicyclic) bond motifs is 1. The van der Waals surface area contributed by atoms with Crippen molar-refractivity contribution >= 4 is 74.6 Å². The fraction of sp³-hybridized carbons (Fsp3) is 0.111. The maximum absolute atomic E-state index is 13.6. The van der Waals surface area contributed by atoms with E-state index in [0.717, 1.165) is 17.3 Å². The van der Waals surface area contributed by atoms with Crippen LogP contribution in [0.2, 0.25) is 5.02 Å². The molecule has 9 heteroatoms. The summed E-state index contributed by atoms with van der Waals surface area (Å²) >= 11 is 12.5. The number of nitrogens with zero attached hydrogens (tertiary/aromatic N) is 2. The van der Waals surface area contributed by atoms with Crippen LogP contribution in [-0.2, 0) is 20.8 Å². The highest BCUT2D eigenvalue weighted by Crippen LogP contribution is 2.44. The molecule has 0 radical (unpaired) electrons. The first kappa shape index (κ1) is 24.2. The van der Waals surface area contributed by atoms with Crippen molar-refractivity contribution in [3.05, 3.63) is 99.9 Å². The zero-order chi connectivity index (χ0) is 25.2. The van der Waals surface area contributed by atoms with Gasteiger partial charge in [0.05, 0.1) is 16.2 Å². The lowest BCUT2D eigenvalue weighted by molar-refractivity contribution is -0.122. The van der Waals surface area contributed by atoms with Crippen LogP contribution in [0, 0.1) is 0 Å². The van der Waals surface area contributed by atoms with E-state index in [1.807, 2.05) is 30.3 Å². The van der Waals surface area contributed by atoms with Crippen molar-refractivity contribution in [3.8, 4) is 0 Å². The van der Waals surface area contributed by atoms with E-state index >= 15 is 0 Å². The Morgan fingerprint density at radius 3 is 2.33 bits per heavy atom. The summed E-state index contributed by atoms with van der Waals surface area (Å²) in [5.74, 6) is -1.05. The number of halogens is 1. The molecular formula is C27H20ClN3O3S2. The summed E-state index contributed by atoms with van der Waals surface area (Å²) in [6, 6.07) is 23.7. The van der Waals surface area contributed by atoms with Crippen molar-refractivity contribution in [2.75, 3.05) is 23.3 Å². The lowest BCUT2D eigenvalue weighted by atomic mass is 10.1. The number of nitrogens with one attached hydrogen (secondary N) is 1. The fourth-order valence-electron chi connectivity index (χ4n) is 4.16. The monoisotopic (exact) mass is 533 g/mol. The van der Waals surface area contributed by atoms with E-state index in [0.29, 0.717) is 44.2 Å². The molecule has 1 N–H and O–H groups in total. The van der Waals surface area contributed by atoms with E-state index in [-0.39, 0.29) is 23.9 Å². The normalized spacial score (nSPS) is 17.1. The Labute approximate surface area is 222 Å². The predicted octanol–water partition coefficient (Wildman–Crippen LogP) is 5.14. The van der Waals surface area contributed by atoms with Gasteiger partial charge in [-0.05, 0) is 42.3 Å². The lowest BCUT2D eigenvalue weighted by Crippen LogP contribution is -2.35. The Kier molecular flexibility index (Phi) is 6.91. The van der Waals surface area contributed by atoms with Gasteiger partial charge >= 0.3 is 0 Å². The minimum Gasteiger partial charge on any atom is -0.325 e. The number of carbonyl (C=O) groups is 3. The summed E-state index contributed by atoms with van der Waals surface area (Å²) in [5.41, 5.74) is 3.15. The number of anilines is 2. The second kappa shape index (κ2) is 10.3. The lowest BCUT2D eigenvalue weighted by Gasteiger charge is -2.17. The van der Waals surface area contributed by atoms with Crippen molar-refractivity contribution in [2.45, 2.75) is 6.42 Å². The molecular weight excluding hydrogens is 514 g/mol. The van der Waals surface area contributed by atoms with Crippen LogP contribution < -0.4 is 10.2 Å². The zero-order valence-electron chi connectivity index (χ0n) is 18.9. The summed E-state index contributed by atoms with van der Waals surface area (Å²) in [7, 11) is 0. The number of para-hydroxylation sites is 1. The number of hydrogen-bond donors (Lipinski definition) is 1. The molecule has 2 heterocycles. The van der Waals surface area contributed by atoms with Crippen LogP contribution in [0.25, 0.3) is 5.57 Å². The second-order valence-electron chi connectivity index (χ2n) is 8.23. The molecule has 2 aliphatic rings. The molecule has 3 aromatic rings.